The zero-order valence-electron chi connectivity index (χ0n) is 13.9. The molecule has 1 saturated heterocycles. The monoisotopic (exact) mass is 399 g/mol. The Balaban J connectivity index is 2.07. The van der Waals surface area contributed by atoms with E-state index in [0.29, 0.717) is 16.0 Å². The van der Waals surface area contributed by atoms with E-state index in [4.69, 9.17) is 12.2 Å². The molecule has 3 rings (SSSR count). The van der Waals surface area contributed by atoms with Crippen LogP contribution in [0.1, 0.15) is 5.56 Å². The quantitative estimate of drug-likeness (QED) is 0.208. The van der Waals surface area contributed by atoms with Gasteiger partial charge in [-0.05, 0) is 41.4 Å². The normalized spacial score (nSPS) is 15.8. The van der Waals surface area contributed by atoms with Gasteiger partial charge in [0, 0.05) is 17.5 Å². The first-order chi connectivity index (χ1) is 12.9. The van der Waals surface area contributed by atoms with Crippen LogP contribution in [-0.4, -0.2) is 33.3 Å². The van der Waals surface area contributed by atoms with E-state index in [9.17, 15) is 19.7 Å². The average Bonchev–Trinajstić information content (AvgIpc) is 3.10. The third kappa shape index (κ3) is 3.55. The van der Waals surface area contributed by atoms with Gasteiger partial charge in [0.15, 0.2) is 5.11 Å². The minimum Gasteiger partial charge on any atom is -0.298 e. The molecule has 1 N–H and O–H groups in total. The molecule has 2 amide bonds. The SMILES string of the molecule is C=CCN1C(=O)/C(=C/c2ccsc2-c2ccccc2[N+](=O)[O-])C(=O)NC1=S. The highest BCUT2D eigenvalue weighted by Crippen LogP contribution is 2.37. The van der Waals surface area contributed by atoms with Crippen molar-refractivity contribution >= 4 is 52.2 Å². The number of rotatable bonds is 5. The summed E-state index contributed by atoms with van der Waals surface area (Å²) in [6.45, 7) is 3.74. The summed E-state index contributed by atoms with van der Waals surface area (Å²) in [6, 6.07) is 8.03. The Morgan fingerprint density at radius 3 is 2.74 bits per heavy atom. The molecule has 0 bridgehead atoms. The highest BCUT2D eigenvalue weighted by Gasteiger charge is 2.33. The third-order valence-electron chi connectivity index (χ3n) is 3.84. The van der Waals surface area contributed by atoms with Gasteiger partial charge >= 0.3 is 0 Å². The molecule has 1 aromatic heterocycles. The fraction of sp³-hybridized carbons (Fsp3) is 0.0556. The van der Waals surface area contributed by atoms with Crippen molar-refractivity contribution in [2.24, 2.45) is 0 Å². The van der Waals surface area contributed by atoms with E-state index in [1.165, 1.54) is 34.5 Å². The number of thiocarbonyl (C=S) groups is 1. The number of nitro benzene ring substituents is 1. The third-order valence-corrected chi connectivity index (χ3v) is 5.12. The number of nitrogens with zero attached hydrogens (tertiary/aromatic N) is 2. The molecular formula is C18H13N3O4S2. The van der Waals surface area contributed by atoms with Crippen LogP contribution in [0.5, 0.6) is 0 Å². The highest BCUT2D eigenvalue weighted by molar-refractivity contribution is 7.80. The number of amides is 2. The van der Waals surface area contributed by atoms with Gasteiger partial charge in [-0.2, -0.15) is 0 Å². The second-order valence-electron chi connectivity index (χ2n) is 5.50. The summed E-state index contributed by atoms with van der Waals surface area (Å²) >= 11 is 6.31. The molecule has 0 spiro atoms. The number of carbonyl (C=O) groups excluding carboxylic acids is 2. The van der Waals surface area contributed by atoms with E-state index < -0.39 is 16.7 Å². The first-order valence-electron chi connectivity index (χ1n) is 7.75. The van der Waals surface area contributed by atoms with E-state index in [-0.39, 0.29) is 22.9 Å². The van der Waals surface area contributed by atoms with Gasteiger partial charge in [0.2, 0.25) is 0 Å². The van der Waals surface area contributed by atoms with E-state index in [0.717, 1.165) is 0 Å². The summed E-state index contributed by atoms with van der Waals surface area (Å²) in [5.41, 5.74) is 0.822. The average molecular weight is 399 g/mol. The minimum atomic E-state index is -0.606. The van der Waals surface area contributed by atoms with Crippen LogP contribution in [-0.2, 0) is 9.59 Å². The van der Waals surface area contributed by atoms with Crippen LogP contribution in [0, 0.1) is 10.1 Å². The Bertz CT molecular complexity index is 1010. The van der Waals surface area contributed by atoms with Crippen molar-refractivity contribution in [2.75, 3.05) is 6.54 Å². The molecule has 0 saturated carbocycles. The van der Waals surface area contributed by atoms with Crippen LogP contribution in [0.2, 0.25) is 0 Å². The van der Waals surface area contributed by atoms with Crippen molar-refractivity contribution in [1.82, 2.24) is 10.2 Å². The standard InChI is InChI=1S/C18H13N3O4S2/c1-2-8-20-17(23)13(16(22)19-18(20)26)10-11-7-9-27-15(11)12-5-3-4-6-14(12)21(24)25/h2-7,9-10H,1,8H2,(H,19,22,26)/b13-10+. The molecule has 2 aromatic rings. The number of thiophene rings is 1. The van der Waals surface area contributed by atoms with Crippen molar-refractivity contribution in [3.05, 3.63) is 69.6 Å². The summed E-state index contributed by atoms with van der Waals surface area (Å²) in [7, 11) is 0. The molecule has 0 unspecified atom stereocenters. The highest BCUT2D eigenvalue weighted by atomic mass is 32.1. The van der Waals surface area contributed by atoms with Crippen LogP contribution in [0.4, 0.5) is 5.69 Å². The summed E-state index contributed by atoms with van der Waals surface area (Å²) < 4.78 is 0. The van der Waals surface area contributed by atoms with Crippen molar-refractivity contribution in [3.63, 3.8) is 0 Å². The summed E-state index contributed by atoms with van der Waals surface area (Å²) in [6.07, 6.45) is 2.93. The molecule has 7 nitrogen and oxygen atoms in total. The minimum absolute atomic E-state index is 0.0197. The molecule has 136 valence electrons. The fourth-order valence-corrected chi connectivity index (χ4v) is 3.78. The maximum Gasteiger partial charge on any atom is 0.278 e. The lowest BCUT2D eigenvalue weighted by atomic mass is 10.0. The number of nitrogens with one attached hydrogen (secondary N) is 1. The largest absolute Gasteiger partial charge is 0.298 e. The lowest BCUT2D eigenvalue weighted by Crippen LogP contribution is -2.53. The maximum absolute atomic E-state index is 12.6. The molecule has 1 aliphatic heterocycles. The molecule has 27 heavy (non-hydrogen) atoms. The second kappa shape index (κ2) is 7.60. The molecule has 0 aliphatic carbocycles. The van der Waals surface area contributed by atoms with Crippen molar-refractivity contribution in [1.29, 1.82) is 0 Å². The van der Waals surface area contributed by atoms with E-state index in [1.54, 1.807) is 29.6 Å². The number of hydrogen-bond acceptors (Lipinski definition) is 6. The van der Waals surface area contributed by atoms with Crippen molar-refractivity contribution in [3.8, 4) is 10.4 Å². The fourth-order valence-electron chi connectivity index (χ4n) is 2.62. The van der Waals surface area contributed by atoms with Crippen LogP contribution in [0.25, 0.3) is 16.5 Å². The first-order valence-corrected chi connectivity index (χ1v) is 9.04. The van der Waals surface area contributed by atoms with Crippen LogP contribution in [0.15, 0.2) is 53.9 Å². The molecule has 1 aromatic carbocycles. The Hall–Kier alpha value is -3.17. The molecule has 1 fully saturated rings. The van der Waals surface area contributed by atoms with E-state index >= 15 is 0 Å². The second-order valence-corrected chi connectivity index (χ2v) is 6.80. The van der Waals surface area contributed by atoms with Gasteiger partial charge in [-0.1, -0.05) is 18.2 Å². The number of benzene rings is 1. The van der Waals surface area contributed by atoms with E-state index in [2.05, 4.69) is 11.9 Å². The number of para-hydroxylation sites is 1. The Morgan fingerprint density at radius 1 is 1.30 bits per heavy atom. The number of hydrogen-bond donors (Lipinski definition) is 1. The van der Waals surface area contributed by atoms with Crippen LogP contribution in [0.3, 0.4) is 0 Å². The summed E-state index contributed by atoms with van der Waals surface area (Å²) in [5, 5.41) is 15.6. The Kier molecular flexibility index (Phi) is 5.24. The number of nitro groups is 1. The molecule has 0 radical (unpaired) electrons. The Labute approximate surface area is 163 Å². The van der Waals surface area contributed by atoms with Gasteiger partial charge in [0.1, 0.15) is 5.57 Å². The Morgan fingerprint density at radius 2 is 2.04 bits per heavy atom. The molecule has 9 heteroatoms. The van der Waals surface area contributed by atoms with Gasteiger partial charge in [-0.15, -0.1) is 17.9 Å². The van der Waals surface area contributed by atoms with Crippen LogP contribution >= 0.6 is 23.6 Å². The van der Waals surface area contributed by atoms with Crippen LogP contribution < -0.4 is 5.32 Å². The summed E-state index contributed by atoms with van der Waals surface area (Å²) in [4.78, 5) is 37.6. The molecular weight excluding hydrogens is 386 g/mol. The van der Waals surface area contributed by atoms with Gasteiger partial charge in [0.25, 0.3) is 17.5 Å². The molecule has 2 heterocycles. The zero-order valence-corrected chi connectivity index (χ0v) is 15.5. The lowest BCUT2D eigenvalue weighted by molar-refractivity contribution is -0.384. The molecule has 0 atom stereocenters. The lowest BCUT2D eigenvalue weighted by Gasteiger charge is -2.27. The molecule has 1 aliphatic rings. The smallest absolute Gasteiger partial charge is 0.278 e. The summed E-state index contributed by atoms with van der Waals surface area (Å²) in [5.74, 6) is -1.15. The predicted molar refractivity (Wildman–Crippen MR) is 107 cm³/mol. The van der Waals surface area contributed by atoms with Crippen molar-refractivity contribution in [2.45, 2.75) is 0 Å². The van der Waals surface area contributed by atoms with Gasteiger partial charge in [-0.25, -0.2) is 0 Å². The number of carbonyl (C=O) groups is 2. The topological polar surface area (TPSA) is 92.6 Å². The first kappa shape index (κ1) is 18.6. The van der Waals surface area contributed by atoms with Gasteiger partial charge < -0.3 is 0 Å². The maximum atomic E-state index is 12.6. The van der Waals surface area contributed by atoms with Gasteiger partial charge in [-0.3, -0.25) is 29.9 Å². The predicted octanol–water partition coefficient (Wildman–Crippen LogP) is 3.14. The van der Waals surface area contributed by atoms with Crippen molar-refractivity contribution < 1.29 is 14.5 Å². The van der Waals surface area contributed by atoms with E-state index in [1.807, 2.05) is 0 Å². The van der Waals surface area contributed by atoms with Gasteiger partial charge in [0.05, 0.1) is 10.5 Å². The zero-order chi connectivity index (χ0) is 19.6.